The van der Waals surface area contributed by atoms with Crippen molar-refractivity contribution in [1.82, 2.24) is 0 Å². The number of aliphatic carboxylic acids is 4. The fraction of sp³-hybridized carbons (Fsp3) is 0.200. The topological polar surface area (TPSA) is 210 Å². The summed E-state index contributed by atoms with van der Waals surface area (Å²) in [5, 5.41) is 51.7. The Balaban J connectivity index is -0.0000000823. The summed E-state index contributed by atoms with van der Waals surface area (Å²) in [5.41, 5.74) is 0. The van der Waals surface area contributed by atoms with Crippen LogP contribution in [0.5, 0.6) is 0 Å². The predicted molar refractivity (Wildman–Crippen MR) is 54.7 cm³/mol. The molecule has 0 aromatic rings. The Morgan fingerprint density at radius 2 is 0.889 bits per heavy atom. The van der Waals surface area contributed by atoms with Gasteiger partial charge in [-0.15, -0.1) is 0 Å². The third-order valence-electron chi connectivity index (χ3n) is 0.485. The maximum atomic E-state index is 9.43. The van der Waals surface area contributed by atoms with Crippen molar-refractivity contribution in [1.29, 1.82) is 0 Å². The van der Waals surface area contributed by atoms with Crippen molar-refractivity contribution < 1.29 is 54.7 Å². The van der Waals surface area contributed by atoms with Crippen LogP contribution in [0.1, 0.15) is 6.42 Å². The van der Waals surface area contributed by atoms with Gasteiger partial charge in [0.25, 0.3) is 0 Å². The first-order chi connectivity index (χ1) is 7.50. The fourth-order valence-corrected chi connectivity index (χ4v) is 0.129. The normalized spacial score (nSPS) is 7.06. The van der Waals surface area contributed by atoms with Crippen LogP contribution in [0.3, 0.4) is 0 Å². The number of rotatable bonds is 2. The standard InChI is InChI=1S/C3H4O4.C2H2O4.BH3O3.K.H/c4-2(5)1-3(6)7;3-1(4)2(5)6;2-1(3)4;;/h1H2,(H,4,5)(H,6,7);(H,3,4)(H,5,6);2-4H;;. The van der Waals surface area contributed by atoms with Gasteiger partial charge in [-0.1, -0.05) is 0 Å². The van der Waals surface area contributed by atoms with Gasteiger partial charge in [-0.05, 0) is 0 Å². The Labute approximate surface area is 142 Å². The molecule has 11 nitrogen and oxygen atoms in total. The summed E-state index contributed by atoms with van der Waals surface area (Å²) in [7, 11) is -2.17. The number of carboxylic acids is 4. The summed E-state index contributed by atoms with van der Waals surface area (Å²) >= 11 is 0. The van der Waals surface area contributed by atoms with E-state index in [1.54, 1.807) is 0 Å². The second-order valence-corrected chi connectivity index (χ2v) is 1.92. The minimum atomic E-state index is -2.17. The van der Waals surface area contributed by atoms with Crippen molar-refractivity contribution in [2.24, 2.45) is 0 Å². The molecule has 0 atom stereocenters. The van der Waals surface area contributed by atoms with E-state index in [9.17, 15) is 9.59 Å². The molecule has 0 aliphatic rings. The molecule has 0 saturated carbocycles. The number of hydrogen-bond donors (Lipinski definition) is 7. The Morgan fingerprint density at radius 1 is 0.722 bits per heavy atom. The summed E-state index contributed by atoms with van der Waals surface area (Å²) in [5.74, 6) is -6.27. The van der Waals surface area contributed by atoms with Gasteiger partial charge in [-0.3, -0.25) is 9.59 Å². The molecule has 0 bridgehead atoms. The van der Waals surface area contributed by atoms with Crippen LogP contribution in [-0.2, 0) is 19.2 Å². The molecule has 100 valence electrons. The van der Waals surface area contributed by atoms with Crippen molar-refractivity contribution in [3.63, 3.8) is 0 Å². The zero-order valence-corrected chi connectivity index (χ0v) is 8.05. The Hall–Kier alpha value is -0.539. The molecule has 0 aliphatic heterocycles. The molecule has 0 fully saturated rings. The minimum absolute atomic E-state index is 0. The fourth-order valence-electron chi connectivity index (χ4n) is 0.129. The molecule has 13 heteroatoms. The van der Waals surface area contributed by atoms with Gasteiger partial charge in [0.15, 0.2) is 0 Å². The van der Waals surface area contributed by atoms with Gasteiger partial charge < -0.3 is 35.5 Å². The van der Waals surface area contributed by atoms with Crippen LogP contribution < -0.4 is 0 Å². The van der Waals surface area contributed by atoms with E-state index in [1.807, 2.05) is 0 Å². The second-order valence-electron chi connectivity index (χ2n) is 1.92. The van der Waals surface area contributed by atoms with E-state index >= 15 is 0 Å². The third kappa shape index (κ3) is 58.1. The number of carboxylic acid groups (broad SMARTS) is 4. The van der Waals surface area contributed by atoms with E-state index in [0.717, 1.165) is 0 Å². The molecular weight excluding hydrogens is 286 g/mol. The molecule has 0 amide bonds. The summed E-state index contributed by atoms with van der Waals surface area (Å²) in [6, 6.07) is 0. The molecule has 0 aromatic carbocycles. The van der Waals surface area contributed by atoms with E-state index < -0.39 is 37.6 Å². The maximum absolute atomic E-state index is 9.43. The van der Waals surface area contributed by atoms with Crippen LogP contribution in [0.25, 0.3) is 0 Å². The molecule has 0 spiro atoms. The molecule has 7 N–H and O–H groups in total. The Morgan fingerprint density at radius 3 is 0.889 bits per heavy atom. The quantitative estimate of drug-likeness (QED) is 0.148. The average Bonchev–Trinajstić information content (AvgIpc) is 2.00. The van der Waals surface area contributed by atoms with Crippen molar-refractivity contribution in [2.75, 3.05) is 0 Å². The zero-order valence-electron chi connectivity index (χ0n) is 8.05. The van der Waals surface area contributed by atoms with Gasteiger partial charge in [-0.25, -0.2) is 9.59 Å². The summed E-state index contributed by atoms with van der Waals surface area (Å²) in [6.07, 6.45) is -0.806. The summed E-state index contributed by atoms with van der Waals surface area (Å²) in [6.45, 7) is 0. The Bertz CT molecular complexity index is 250. The van der Waals surface area contributed by atoms with E-state index in [-0.39, 0.29) is 51.4 Å². The van der Waals surface area contributed by atoms with Gasteiger partial charge >= 0.3 is 82.6 Å². The SMILES string of the molecule is O=C(O)C(=O)O.O=C(O)CC(=O)O.OB(O)O.[KH]. The number of carbonyl (C=O) groups is 4. The number of hydrogen-bond acceptors (Lipinski definition) is 7. The van der Waals surface area contributed by atoms with Gasteiger partial charge in [0.05, 0.1) is 0 Å². The first-order valence-corrected chi connectivity index (χ1v) is 3.44. The zero-order chi connectivity index (χ0) is 14.6. The van der Waals surface area contributed by atoms with Crippen molar-refractivity contribution in [2.45, 2.75) is 6.42 Å². The van der Waals surface area contributed by atoms with Gasteiger partial charge in [-0.2, -0.15) is 0 Å². The molecular formula is C5H10BKO11. The first kappa shape index (κ1) is 26.1. The Kier molecular flexibility index (Phi) is 23.9. The third-order valence-corrected chi connectivity index (χ3v) is 0.485. The van der Waals surface area contributed by atoms with E-state index in [1.165, 1.54) is 0 Å². The molecule has 0 aromatic heterocycles. The summed E-state index contributed by atoms with van der Waals surface area (Å²) < 4.78 is 0. The van der Waals surface area contributed by atoms with Crippen LogP contribution in [0, 0.1) is 0 Å². The van der Waals surface area contributed by atoms with Gasteiger partial charge in [0.2, 0.25) is 0 Å². The first-order valence-electron chi connectivity index (χ1n) is 3.44. The molecule has 0 unspecified atom stereocenters. The predicted octanol–water partition coefficient (Wildman–Crippen LogP) is -4.00. The van der Waals surface area contributed by atoms with Crippen LogP contribution in [0.15, 0.2) is 0 Å². The molecule has 0 radical (unpaired) electrons. The molecule has 0 heterocycles. The molecule has 18 heavy (non-hydrogen) atoms. The van der Waals surface area contributed by atoms with Crippen LogP contribution in [-0.4, -0.2) is 118 Å². The van der Waals surface area contributed by atoms with E-state index in [0.29, 0.717) is 0 Å². The molecule has 0 aliphatic carbocycles. The molecule has 0 rings (SSSR count). The van der Waals surface area contributed by atoms with Crippen molar-refractivity contribution in [3.8, 4) is 0 Å². The van der Waals surface area contributed by atoms with Crippen LogP contribution >= 0.6 is 0 Å². The van der Waals surface area contributed by atoms with Crippen LogP contribution in [0.2, 0.25) is 0 Å². The monoisotopic (exact) mass is 296 g/mol. The average molecular weight is 296 g/mol. The van der Waals surface area contributed by atoms with E-state index in [2.05, 4.69) is 0 Å². The van der Waals surface area contributed by atoms with Gasteiger partial charge in [0, 0.05) is 0 Å². The van der Waals surface area contributed by atoms with Gasteiger partial charge in [0.1, 0.15) is 6.42 Å². The summed E-state index contributed by atoms with van der Waals surface area (Å²) in [4.78, 5) is 37.1. The van der Waals surface area contributed by atoms with Crippen LogP contribution in [0.4, 0.5) is 0 Å². The second kappa shape index (κ2) is 16.5. The van der Waals surface area contributed by atoms with E-state index in [4.69, 9.17) is 45.1 Å². The van der Waals surface area contributed by atoms with Crippen molar-refractivity contribution in [3.05, 3.63) is 0 Å². The van der Waals surface area contributed by atoms with Crippen molar-refractivity contribution >= 4 is 82.6 Å². The molecule has 0 saturated heterocycles.